The Morgan fingerprint density at radius 3 is 1.63 bits per heavy atom. The molecule has 0 saturated carbocycles. The van der Waals surface area contributed by atoms with Crippen molar-refractivity contribution in [1.82, 2.24) is 0 Å². The third-order valence-electron chi connectivity index (χ3n) is 8.24. The van der Waals surface area contributed by atoms with Crippen LogP contribution in [0, 0.1) is 0 Å². The van der Waals surface area contributed by atoms with E-state index < -0.39 is 5.41 Å². The van der Waals surface area contributed by atoms with Crippen molar-refractivity contribution < 1.29 is 4.74 Å². The normalized spacial score (nSPS) is 13.3. The summed E-state index contributed by atoms with van der Waals surface area (Å²) in [5.74, 6) is 1.75. The molecule has 2 aliphatic rings. The van der Waals surface area contributed by atoms with Crippen LogP contribution in [-0.2, 0) is 5.41 Å². The van der Waals surface area contributed by atoms with Crippen LogP contribution in [0.1, 0.15) is 33.4 Å². The molecular formula is C38H26N2O. The highest BCUT2D eigenvalue weighted by Crippen LogP contribution is 2.62. The first-order chi connectivity index (χ1) is 20.3. The van der Waals surface area contributed by atoms with Gasteiger partial charge >= 0.3 is 0 Å². The summed E-state index contributed by atoms with van der Waals surface area (Å²) in [5, 5.41) is 4.96. The molecule has 0 aromatic heterocycles. The van der Waals surface area contributed by atoms with Crippen LogP contribution < -0.4 is 10.2 Å². The molecule has 0 bridgehead atoms. The van der Waals surface area contributed by atoms with Crippen molar-refractivity contribution in [3.8, 4) is 22.6 Å². The van der Waals surface area contributed by atoms with E-state index in [2.05, 4.69) is 109 Å². The number of hydrogen-bond donors (Lipinski definition) is 1. The second kappa shape index (κ2) is 9.35. The first kappa shape index (κ1) is 23.5. The highest BCUT2D eigenvalue weighted by Gasteiger charge is 2.50. The number of benzene rings is 6. The van der Waals surface area contributed by atoms with Crippen molar-refractivity contribution in [1.29, 1.82) is 0 Å². The fraction of sp³-hybridized carbons (Fsp3) is 0.0263. The summed E-state index contributed by atoms with van der Waals surface area (Å²) >= 11 is 0. The minimum absolute atomic E-state index is 0.500. The Morgan fingerprint density at radius 1 is 0.488 bits per heavy atom. The molecule has 6 aromatic rings. The summed E-state index contributed by atoms with van der Waals surface area (Å²) in [4.78, 5) is 0. The van der Waals surface area contributed by atoms with E-state index in [-0.39, 0.29) is 0 Å². The van der Waals surface area contributed by atoms with Gasteiger partial charge < -0.3 is 4.74 Å². The van der Waals surface area contributed by atoms with E-state index in [0.717, 1.165) is 45.2 Å². The molecule has 6 aromatic carbocycles. The summed E-state index contributed by atoms with van der Waals surface area (Å²) < 4.78 is 6.55. The smallest absolute Gasteiger partial charge is 0.132 e. The molecule has 0 atom stereocenters. The van der Waals surface area contributed by atoms with Gasteiger partial charge in [-0.05, 0) is 46.5 Å². The number of ether oxygens (including phenoxy) is 1. The summed E-state index contributed by atoms with van der Waals surface area (Å²) in [7, 11) is 0. The van der Waals surface area contributed by atoms with Crippen LogP contribution in [0.2, 0.25) is 0 Å². The lowest BCUT2D eigenvalue weighted by molar-refractivity contribution is 0.436. The van der Waals surface area contributed by atoms with Gasteiger partial charge in [0.05, 0.1) is 16.8 Å². The molecule has 3 nitrogen and oxygen atoms in total. The predicted molar refractivity (Wildman–Crippen MR) is 166 cm³/mol. The number of hydrogen-bond acceptors (Lipinski definition) is 3. The zero-order valence-electron chi connectivity index (χ0n) is 22.3. The van der Waals surface area contributed by atoms with Crippen LogP contribution in [0.3, 0.4) is 0 Å². The quantitative estimate of drug-likeness (QED) is 0.183. The first-order valence-corrected chi connectivity index (χ1v) is 13.9. The van der Waals surface area contributed by atoms with E-state index in [1.54, 1.807) is 0 Å². The Hall–Kier alpha value is -5.41. The molecule has 0 unspecified atom stereocenters. The number of nitrogens with zero attached hydrogens (tertiary/aromatic N) is 1. The average molecular weight is 527 g/mol. The molecule has 1 aliphatic heterocycles. The molecule has 194 valence electrons. The Morgan fingerprint density at radius 2 is 1.00 bits per heavy atom. The number of rotatable bonds is 4. The molecule has 1 aliphatic carbocycles. The van der Waals surface area contributed by atoms with Crippen molar-refractivity contribution >= 4 is 11.4 Å². The third-order valence-corrected chi connectivity index (χ3v) is 8.24. The minimum Gasteiger partial charge on any atom is -0.457 e. The summed E-state index contributed by atoms with van der Waals surface area (Å²) in [6.07, 6.45) is 0. The largest absolute Gasteiger partial charge is 0.457 e. The second-order valence-electron chi connectivity index (χ2n) is 10.5. The standard InChI is InChI=1S/C38H26N2O/c1-3-13-26(14-4-1)37(27-15-5-2-6-16-27)40-39-28-23-24-36-34(25-28)38(33-21-11-12-22-35(33)41-36)31-19-9-7-17-29(31)30-18-8-10-20-32(30)38/h1-25,39H. The van der Waals surface area contributed by atoms with Gasteiger partial charge in [-0.1, -0.05) is 127 Å². The maximum absolute atomic E-state index is 6.55. The number of para-hydroxylation sites is 1. The van der Waals surface area contributed by atoms with Gasteiger partial charge in [-0.25, -0.2) is 0 Å². The molecule has 0 saturated heterocycles. The second-order valence-corrected chi connectivity index (χ2v) is 10.5. The number of anilines is 1. The molecule has 0 radical (unpaired) electrons. The van der Waals surface area contributed by atoms with Gasteiger partial charge in [-0.2, -0.15) is 5.10 Å². The van der Waals surface area contributed by atoms with Gasteiger partial charge in [-0.15, -0.1) is 0 Å². The molecule has 1 heterocycles. The zero-order valence-corrected chi connectivity index (χ0v) is 22.3. The van der Waals surface area contributed by atoms with Crippen molar-refractivity contribution in [3.05, 3.63) is 185 Å². The lowest BCUT2D eigenvalue weighted by Gasteiger charge is -2.39. The SMILES string of the molecule is c1ccc(C(=NNc2ccc3c(c2)C2(c4ccccc4O3)c3ccccc3-c3ccccc32)c2ccccc2)cc1. The van der Waals surface area contributed by atoms with Crippen LogP contribution in [0.25, 0.3) is 11.1 Å². The minimum atomic E-state index is -0.500. The number of nitrogens with one attached hydrogen (secondary N) is 1. The maximum atomic E-state index is 6.55. The topological polar surface area (TPSA) is 33.6 Å². The molecule has 0 amide bonds. The van der Waals surface area contributed by atoms with E-state index >= 15 is 0 Å². The summed E-state index contributed by atoms with van der Waals surface area (Å²) in [5.41, 5.74) is 14.1. The lowest BCUT2D eigenvalue weighted by atomic mass is 9.66. The first-order valence-electron chi connectivity index (χ1n) is 13.9. The third kappa shape index (κ3) is 3.56. The monoisotopic (exact) mass is 526 g/mol. The molecule has 3 heteroatoms. The van der Waals surface area contributed by atoms with Crippen LogP contribution in [-0.4, -0.2) is 5.71 Å². The Bertz CT molecular complexity index is 1860. The lowest BCUT2D eigenvalue weighted by Crippen LogP contribution is -2.32. The van der Waals surface area contributed by atoms with Crippen molar-refractivity contribution in [2.24, 2.45) is 5.10 Å². The van der Waals surface area contributed by atoms with Gasteiger partial charge in [0.1, 0.15) is 11.5 Å². The van der Waals surface area contributed by atoms with E-state index in [4.69, 9.17) is 9.84 Å². The van der Waals surface area contributed by atoms with Gasteiger partial charge in [0.15, 0.2) is 0 Å². The predicted octanol–water partition coefficient (Wildman–Crippen LogP) is 9.02. The Labute approximate surface area is 239 Å². The zero-order chi connectivity index (χ0) is 27.2. The fourth-order valence-electron chi connectivity index (χ4n) is 6.53. The highest BCUT2D eigenvalue weighted by atomic mass is 16.5. The van der Waals surface area contributed by atoms with Crippen molar-refractivity contribution in [2.75, 3.05) is 5.43 Å². The molecule has 41 heavy (non-hydrogen) atoms. The molecule has 1 N–H and O–H groups in total. The van der Waals surface area contributed by atoms with Crippen LogP contribution in [0.4, 0.5) is 5.69 Å². The Kier molecular flexibility index (Phi) is 5.36. The highest BCUT2D eigenvalue weighted by molar-refractivity contribution is 6.13. The van der Waals surface area contributed by atoms with Crippen LogP contribution in [0.15, 0.2) is 157 Å². The van der Waals surface area contributed by atoms with Crippen molar-refractivity contribution in [2.45, 2.75) is 5.41 Å². The maximum Gasteiger partial charge on any atom is 0.132 e. The van der Waals surface area contributed by atoms with E-state index in [1.165, 1.54) is 22.3 Å². The van der Waals surface area contributed by atoms with Crippen molar-refractivity contribution in [3.63, 3.8) is 0 Å². The average Bonchev–Trinajstić information content (AvgIpc) is 3.34. The summed E-state index contributed by atoms with van der Waals surface area (Å²) in [6, 6.07) is 52.9. The van der Waals surface area contributed by atoms with E-state index in [0.29, 0.717) is 0 Å². The number of fused-ring (bicyclic) bond motifs is 9. The Balaban J connectivity index is 1.33. The molecular weight excluding hydrogens is 500 g/mol. The summed E-state index contributed by atoms with van der Waals surface area (Å²) in [6.45, 7) is 0. The van der Waals surface area contributed by atoms with E-state index in [1.807, 2.05) is 48.5 Å². The van der Waals surface area contributed by atoms with Gasteiger partial charge in [0.2, 0.25) is 0 Å². The van der Waals surface area contributed by atoms with Gasteiger partial charge in [0.25, 0.3) is 0 Å². The fourth-order valence-corrected chi connectivity index (χ4v) is 6.53. The van der Waals surface area contributed by atoms with E-state index in [9.17, 15) is 0 Å². The van der Waals surface area contributed by atoms with Crippen LogP contribution >= 0.6 is 0 Å². The molecule has 8 rings (SSSR count). The van der Waals surface area contributed by atoms with Gasteiger partial charge in [0, 0.05) is 22.3 Å². The van der Waals surface area contributed by atoms with Crippen LogP contribution in [0.5, 0.6) is 11.5 Å². The molecule has 1 spiro atoms. The molecule has 0 fully saturated rings. The van der Waals surface area contributed by atoms with Gasteiger partial charge in [-0.3, -0.25) is 5.43 Å². The number of hydrazone groups is 1.